The van der Waals surface area contributed by atoms with Gasteiger partial charge in [0.2, 0.25) is 0 Å². The SMILES string of the molecule is Cc1ccc(C(=O)OOOC(=O)OCC(C)(C)C)cc1. The van der Waals surface area contributed by atoms with Crippen molar-refractivity contribution in [3.05, 3.63) is 35.4 Å². The molecule has 0 atom stereocenters. The predicted molar refractivity (Wildman–Crippen MR) is 69.6 cm³/mol. The van der Waals surface area contributed by atoms with E-state index in [0.29, 0.717) is 0 Å². The third kappa shape index (κ3) is 6.19. The Bertz CT molecular complexity index is 458. The third-order valence-corrected chi connectivity index (χ3v) is 2.12. The van der Waals surface area contributed by atoms with Gasteiger partial charge in [0.05, 0.1) is 17.2 Å². The Kier molecular flexibility index (Phi) is 5.52. The Labute approximate surface area is 117 Å². The fourth-order valence-electron chi connectivity index (χ4n) is 1.11. The molecule has 0 spiro atoms. The summed E-state index contributed by atoms with van der Waals surface area (Å²) in [6, 6.07) is 6.63. The van der Waals surface area contributed by atoms with E-state index in [0.717, 1.165) is 5.56 Å². The van der Waals surface area contributed by atoms with E-state index in [9.17, 15) is 9.59 Å². The first-order valence-electron chi connectivity index (χ1n) is 6.07. The van der Waals surface area contributed by atoms with E-state index in [-0.39, 0.29) is 17.6 Å². The third-order valence-electron chi connectivity index (χ3n) is 2.12. The average Bonchev–Trinajstić information content (AvgIpc) is 2.36. The van der Waals surface area contributed by atoms with Crippen LogP contribution in [0.2, 0.25) is 0 Å². The second-order valence-electron chi connectivity index (χ2n) is 5.49. The molecule has 0 N–H and O–H groups in total. The highest BCUT2D eigenvalue weighted by molar-refractivity contribution is 5.88. The van der Waals surface area contributed by atoms with Gasteiger partial charge in [-0.3, -0.25) is 4.89 Å². The lowest BCUT2D eigenvalue weighted by atomic mass is 9.99. The monoisotopic (exact) mass is 282 g/mol. The van der Waals surface area contributed by atoms with Crippen LogP contribution < -0.4 is 0 Å². The molecule has 110 valence electrons. The largest absolute Gasteiger partial charge is 0.543 e. The summed E-state index contributed by atoms with van der Waals surface area (Å²) < 4.78 is 4.73. The van der Waals surface area contributed by atoms with Crippen LogP contribution in [0.1, 0.15) is 36.7 Å². The van der Waals surface area contributed by atoms with Gasteiger partial charge < -0.3 is 4.74 Å². The zero-order valence-electron chi connectivity index (χ0n) is 12.0. The fourth-order valence-corrected chi connectivity index (χ4v) is 1.11. The lowest BCUT2D eigenvalue weighted by Crippen LogP contribution is -2.19. The molecule has 1 rings (SSSR count). The van der Waals surface area contributed by atoms with Crippen molar-refractivity contribution in [1.29, 1.82) is 0 Å². The van der Waals surface area contributed by atoms with Crippen LogP contribution in [-0.2, 0) is 19.6 Å². The Morgan fingerprint density at radius 3 is 2.20 bits per heavy atom. The molecular weight excluding hydrogens is 264 g/mol. The van der Waals surface area contributed by atoms with Gasteiger partial charge in [-0.25, -0.2) is 14.5 Å². The number of benzene rings is 1. The van der Waals surface area contributed by atoms with Crippen LogP contribution in [0.25, 0.3) is 0 Å². The lowest BCUT2D eigenvalue weighted by molar-refractivity contribution is -0.452. The standard InChI is InChI=1S/C14H18O6/c1-10-5-7-11(8-6-10)12(15)18-20-19-13(16)17-9-14(2,3)4/h5-8H,9H2,1-4H3. The molecule has 20 heavy (non-hydrogen) atoms. The first-order valence-corrected chi connectivity index (χ1v) is 6.07. The maximum absolute atomic E-state index is 11.5. The minimum atomic E-state index is -1.07. The van der Waals surface area contributed by atoms with Crippen LogP contribution in [0.3, 0.4) is 0 Å². The minimum absolute atomic E-state index is 0.154. The summed E-state index contributed by atoms with van der Waals surface area (Å²) in [5, 5.41) is 4.08. The number of aryl methyl sites for hydroxylation is 1. The number of carbonyl (C=O) groups is 2. The van der Waals surface area contributed by atoms with E-state index in [1.54, 1.807) is 24.3 Å². The first-order chi connectivity index (χ1) is 9.28. The maximum Gasteiger partial charge on any atom is 0.543 e. The highest BCUT2D eigenvalue weighted by Crippen LogP contribution is 2.13. The second kappa shape index (κ2) is 6.91. The predicted octanol–water partition coefficient (Wildman–Crippen LogP) is 3.20. The summed E-state index contributed by atoms with van der Waals surface area (Å²) >= 11 is 0. The van der Waals surface area contributed by atoms with E-state index in [2.05, 4.69) is 14.8 Å². The van der Waals surface area contributed by atoms with Gasteiger partial charge in [0.1, 0.15) is 0 Å². The molecule has 6 heteroatoms. The summed E-state index contributed by atoms with van der Waals surface area (Å²) in [7, 11) is 0. The van der Waals surface area contributed by atoms with Gasteiger partial charge in [0, 0.05) is 0 Å². The molecule has 0 amide bonds. The summed E-state index contributed by atoms with van der Waals surface area (Å²) in [6.45, 7) is 7.71. The first kappa shape index (κ1) is 16.0. The molecule has 0 aromatic heterocycles. The molecule has 0 saturated carbocycles. The van der Waals surface area contributed by atoms with Gasteiger partial charge in [-0.15, -0.1) is 0 Å². The highest BCUT2D eigenvalue weighted by Gasteiger charge is 2.16. The van der Waals surface area contributed by atoms with Crippen molar-refractivity contribution in [2.45, 2.75) is 27.7 Å². The molecule has 0 fully saturated rings. The zero-order valence-corrected chi connectivity index (χ0v) is 12.0. The molecule has 0 saturated heterocycles. The summed E-state index contributed by atoms with van der Waals surface area (Å²) in [4.78, 5) is 31.0. The molecule has 0 unspecified atom stereocenters. The molecular formula is C14H18O6. The van der Waals surface area contributed by atoms with Gasteiger partial charge in [0.25, 0.3) is 0 Å². The average molecular weight is 282 g/mol. The van der Waals surface area contributed by atoms with Crippen molar-refractivity contribution in [1.82, 2.24) is 0 Å². The Balaban J connectivity index is 2.28. The molecule has 1 aromatic rings. The highest BCUT2D eigenvalue weighted by atomic mass is 17.5. The van der Waals surface area contributed by atoms with E-state index < -0.39 is 12.1 Å². The van der Waals surface area contributed by atoms with Crippen molar-refractivity contribution in [2.24, 2.45) is 5.41 Å². The van der Waals surface area contributed by atoms with Gasteiger partial charge in [-0.2, -0.15) is 0 Å². The van der Waals surface area contributed by atoms with Crippen LogP contribution in [0.5, 0.6) is 0 Å². The molecule has 0 aliphatic rings. The summed E-state index contributed by atoms with van der Waals surface area (Å²) in [6.07, 6.45) is -1.07. The van der Waals surface area contributed by atoms with Gasteiger partial charge in [-0.05, 0) is 24.5 Å². The number of hydrogen-bond acceptors (Lipinski definition) is 6. The van der Waals surface area contributed by atoms with Gasteiger partial charge >= 0.3 is 12.1 Å². The van der Waals surface area contributed by atoms with E-state index in [1.165, 1.54) is 0 Å². The smallest absolute Gasteiger partial charge is 0.432 e. The molecule has 1 aromatic carbocycles. The molecule has 6 nitrogen and oxygen atoms in total. The number of carbonyl (C=O) groups excluding carboxylic acids is 2. The van der Waals surface area contributed by atoms with E-state index in [1.807, 2.05) is 27.7 Å². The van der Waals surface area contributed by atoms with Crippen molar-refractivity contribution in [2.75, 3.05) is 6.61 Å². The molecule has 0 radical (unpaired) electrons. The van der Waals surface area contributed by atoms with Crippen LogP contribution in [-0.4, -0.2) is 18.7 Å². The Morgan fingerprint density at radius 2 is 1.65 bits per heavy atom. The zero-order chi connectivity index (χ0) is 15.2. The van der Waals surface area contributed by atoms with E-state index >= 15 is 0 Å². The van der Waals surface area contributed by atoms with Crippen LogP contribution in [0.4, 0.5) is 4.79 Å². The molecule has 0 heterocycles. The lowest BCUT2D eigenvalue weighted by Gasteiger charge is -2.16. The van der Waals surface area contributed by atoms with E-state index in [4.69, 9.17) is 4.74 Å². The van der Waals surface area contributed by atoms with Crippen molar-refractivity contribution in [3.63, 3.8) is 0 Å². The Hall–Kier alpha value is -2.08. The van der Waals surface area contributed by atoms with Crippen LogP contribution in [0.15, 0.2) is 24.3 Å². The van der Waals surface area contributed by atoms with Gasteiger partial charge in [-0.1, -0.05) is 38.5 Å². The topological polar surface area (TPSA) is 71.1 Å². The number of ether oxygens (including phenoxy) is 1. The maximum atomic E-state index is 11.5. The summed E-state index contributed by atoms with van der Waals surface area (Å²) in [5.41, 5.74) is 1.09. The Morgan fingerprint density at radius 1 is 1.05 bits per heavy atom. The van der Waals surface area contributed by atoms with Crippen molar-refractivity contribution in [3.8, 4) is 0 Å². The summed E-state index contributed by atoms with van der Waals surface area (Å²) in [5.74, 6) is -0.770. The quantitative estimate of drug-likeness (QED) is 0.480. The number of hydrogen-bond donors (Lipinski definition) is 0. The molecule has 0 bridgehead atoms. The van der Waals surface area contributed by atoms with Crippen molar-refractivity contribution >= 4 is 12.1 Å². The molecule has 0 aliphatic carbocycles. The van der Waals surface area contributed by atoms with Crippen LogP contribution in [0, 0.1) is 12.3 Å². The number of rotatable bonds is 4. The van der Waals surface area contributed by atoms with Crippen molar-refractivity contribution < 1.29 is 29.1 Å². The normalized spacial score (nSPS) is 10.8. The van der Waals surface area contributed by atoms with Gasteiger partial charge in [0.15, 0.2) is 0 Å². The van der Waals surface area contributed by atoms with Crippen LogP contribution >= 0.6 is 0 Å². The molecule has 0 aliphatic heterocycles. The fraction of sp³-hybridized carbons (Fsp3) is 0.429. The second-order valence-corrected chi connectivity index (χ2v) is 5.49. The minimum Gasteiger partial charge on any atom is -0.432 e.